The Morgan fingerprint density at radius 1 is 1.00 bits per heavy atom. The first-order valence-corrected chi connectivity index (χ1v) is 9.19. The van der Waals surface area contributed by atoms with Crippen LogP contribution in [0.3, 0.4) is 0 Å². The van der Waals surface area contributed by atoms with E-state index in [9.17, 15) is 4.79 Å². The molecule has 4 aromatic rings. The molecule has 29 heavy (non-hydrogen) atoms. The molecule has 0 fully saturated rings. The lowest BCUT2D eigenvalue weighted by molar-refractivity contribution is -0.117. The smallest absolute Gasteiger partial charge is 0.221 e. The molecule has 0 radical (unpaired) electrons. The van der Waals surface area contributed by atoms with Gasteiger partial charge in [-0.1, -0.05) is 12.1 Å². The Kier molecular flexibility index (Phi) is 4.91. The van der Waals surface area contributed by atoms with Gasteiger partial charge in [-0.15, -0.1) is 0 Å². The van der Waals surface area contributed by atoms with E-state index in [1.807, 2.05) is 55.5 Å². The van der Waals surface area contributed by atoms with Gasteiger partial charge >= 0.3 is 0 Å². The summed E-state index contributed by atoms with van der Waals surface area (Å²) in [5.74, 6) is 1.06. The summed E-state index contributed by atoms with van der Waals surface area (Å²) in [5, 5.41) is 1.04. The quantitative estimate of drug-likeness (QED) is 0.566. The molecule has 2 aromatic heterocycles. The van der Waals surface area contributed by atoms with Crippen molar-refractivity contribution in [1.82, 2.24) is 15.0 Å². The number of pyridine rings is 1. The standard InChI is InChI=1S/C23H20N4O2/c1-14-9-20(27-21-10-15(11-22(24)28)3-8-19(14)21)17-12-25-23(26-13-17)16-4-6-18(29-2)7-5-16/h3-10,12-13H,11H2,1-2H3,(H2,24,28). The third-order valence-corrected chi connectivity index (χ3v) is 4.76. The number of fused-ring (bicyclic) bond motifs is 1. The molecule has 0 atom stereocenters. The van der Waals surface area contributed by atoms with Crippen molar-refractivity contribution < 1.29 is 9.53 Å². The zero-order valence-corrected chi connectivity index (χ0v) is 16.2. The molecule has 144 valence electrons. The van der Waals surface area contributed by atoms with E-state index in [4.69, 9.17) is 15.5 Å². The average molecular weight is 384 g/mol. The fraction of sp³-hybridized carbons (Fsp3) is 0.130. The number of ether oxygens (including phenoxy) is 1. The molecule has 0 aliphatic carbocycles. The van der Waals surface area contributed by atoms with Crippen molar-refractivity contribution in [2.45, 2.75) is 13.3 Å². The number of nitrogens with two attached hydrogens (primary N) is 1. The van der Waals surface area contributed by atoms with Crippen molar-refractivity contribution in [3.8, 4) is 28.4 Å². The van der Waals surface area contributed by atoms with Gasteiger partial charge in [0.2, 0.25) is 5.91 Å². The third-order valence-electron chi connectivity index (χ3n) is 4.76. The van der Waals surface area contributed by atoms with Crippen LogP contribution in [-0.4, -0.2) is 28.0 Å². The second-order valence-corrected chi connectivity index (χ2v) is 6.84. The van der Waals surface area contributed by atoms with Crippen molar-refractivity contribution >= 4 is 16.8 Å². The molecular formula is C23H20N4O2. The highest BCUT2D eigenvalue weighted by molar-refractivity contribution is 5.86. The second-order valence-electron chi connectivity index (χ2n) is 6.84. The van der Waals surface area contributed by atoms with E-state index in [-0.39, 0.29) is 12.3 Å². The maximum absolute atomic E-state index is 11.2. The van der Waals surface area contributed by atoms with E-state index < -0.39 is 0 Å². The van der Waals surface area contributed by atoms with Gasteiger partial charge in [-0.2, -0.15) is 0 Å². The van der Waals surface area contributed by atoms with E-state index in [2.05, 4.69) is 9.97 Å². The number of benzene rings is 2. The van der Waals surface area contributed by atoms with Crippen LogP contribution in [-0.2, 0) is 11.2 Å². The van der Waals surface area contributed by atoms with Gasteiger partial charge < -0.3 is 10.5 Å². The van der Waals surface area contributed by atoms with Gasteiger partial charge in [0, 0.05) is 28.9 Å². The highest BCUT2D eigenvalue weighted by Gasteiger charge is 2.09. The van der Waals surface area contributed by atoms with E-state index in [1.54, 1.807) is 19.5 Å². The van der Waals surface area contributed by atoms with Crippen molar-refractivity contribution in [1.29, 1.82) is 0 Å². The van der Waals surface area contributed by atoms with Gasteiger partial charge in [0.25, 0.3) is 0 Å². The minimum Gasteiger partial charge on any atom is -0.497 e. The molecule has 1 amide bonds. The lowest BCUT2D eigenvalue weighted by Gasteiger charge is -2.09. The first-order chi connectivity index (χ1) is 14.0. The number of aromatic nitrogens is 3. The molecule has 0 spiro atoms. The molecule has 4 rings (SSSR count). The molecule has 0 saturated carbocycles. The fourth-order valence-corrected chi connectivity index (χ4v) is 3.26. The zero-order chi connectivity index (χ0) is 20.4. The Morgan fingerprint density at radius 3 is 2.38 bits per heavy atom. The first kappa shape index (κ1) is 18.6. The van der Waals surface area contributed by atoms with Gasteiger partial charge in [0.1, 0.15) is 5.75 Å². The maximum Gasteiger partial charge on any atom is 0.221 e. The van der Waals surface area contributed by atoms with E-state index in [1.165, 1.54) is 0 Å². The highest BCUT2D eigenvalue weighted by atomic mass is 16.5. The van der Waals surface area contributed by atoms with Crippen LogP contribution in [0.25, 0.3) is 33.5 Å². The second kappa shape index (κ2) is 7.67. The van der Waals surface area contributed by atoms with E-state index in [0.717, 1.165) is 44.6 Å². The molecule has 6 nitrogen and oxygen atoms in total. The molecule has 6 heteroatoms. The Morgan fingerprint density at radius 2 is 1.72 bits per heavy atom. The largest absolute Gasteiger partial charge is 0.497 e. The predicted molar refractivity (Wildman–Crippen MR) is 112 cm³/mol. The van der Waals surface area contributed by atoms with Crippen LogP contribution in [0, 0.1) is 6.92 Å². The third kappa shape index (κ3) is 3.91. The van der Waals surface area contributed by atoms with Gasteiger partial charge in [0.15, 0.2) is 5.82 Å². The fourth-order valence-electron chi connectivity index (χ4n) is 3.26. The Balaban J connectivity index is 1.68. The van der Waals surface area contributed by atoms with Crippen LogP contribution >= 0.6 is 0 Å². The number of carbonyl (C=O) groups excluding carboxylic acids is 1. The first-order valence-electron chi connectivity index (χ1n) is 9.19. The molecule has 0 aliphatic heterocycles. The number of carbonyl (C=O) groups is 1. The normalized spacial score (nSPS) is 10.8. The van der Waals surface area contributed by atoms with Crippen molar-refractivity contribution in [3.63, 3.8) is 0 Å². The van der Waals surface area contributed by atoms with Crippen molar-refractivity contribution in [3.05, 3.63) is 72.1 Å². The summed E-state index contributed by atoms with van der Waals surface area (Å²) in [6, 6.07) is 15.4. The Bertz CT molecular complexity index is 1190. The van der Waals surface area contributed by atoms with Crippen LogP contribution in [0.1, 0.15) is 11.1 Å². The highest BCUT2D eigenvalue weighted by Crippen LogP contribution is 2.26. The van der Waals surface area contributed by atoms with Gasteiger partial charge in [-0.25, -0.2) is 15.0 Å². The number of hydrogen-bond donors (Lipinski definition) is 1. The number of methoxy groups -OCH3 is 1. The molecule has 2 aromatic carbocycles. The Hall–Kier alpha value is -3.80. The van der Waals surface area contributed by atoms with Crippen molar-refractivity contribution in [2.75, 3.05) is 7.11 Å². The minimum atomic E-state index is -0.361. The SMILES string of the molecule is COc1ccc(-c2ncc(-c3cc(C)c4ccc(CC(N)=O)cc4n3)cn2)cc1. The van der Waals surface area contributed by atoms with Crippen LogP contribution in [0.5, 0.6) is 5.75 Å². The molecule has 0 aliphatic rings. The monoisotopic (exact) mass is 384 g/mol. The molecule has 2 heterocycles. The lowest BCUT2D eigenvalue weighted by Crippen LogP contribution is -2.13. The van der Waals surface area contributed by atoms with Gasteiger partial charge in [0.05, 0.1) is 24.7 Å². The van der Waals surface area contributed by atoms with Crippen LogP contribution in [0.2, 0.25) is 0 Å². The number of aryl methyl sites for hydroxylation is 1. The van der Waals surface area contributed by atoms with Gasteiger partial charge in [-0.05, 0) is 54.4 Å². The molecule has 0 unspecified atom stereocenters. The summed E-state index contributed by atoms with van der Waals surface area (Å²) in [6.45, 7) is 2.04. The minimum absolute atomic E-state index is 0.195. The number of rotatable bonds is 5. The summed E-state index contributed by atoms with van der Waals surface area (Å²) in [6.07, 6.45) is 3.74. The molecular weight excluding hydrogens is 364 g/mol. The molecule has 2 N–H and O–H groups in total. The molecule has 0 bridgehead atoms. The van der Waals surface area contributed by atoms with Crippen LogP contribution in [0.4, 0.5) is 0 Å². The lowest BCUT2D eigenvalue weighted by atomic mass is 10.0. The summed E-state index contributed by atoms with van der Waals surface area (Å²) in [7, 11) is 1.63. The number of hydrogen-bond acceptors (Lipinski definition) is 5. The van der Waals surface area contributed by atoms with Crippen molar-refractivity contribution in [2.24, 2.45) is 5.73 Å². The number of primary amides is 1. The van der Waals surface area contributed by atoms with E-state index >= 15 is 0 Å². The Labute approximate surface area is 168 Å². The summed E-state index contributed by atoms with van der Waals surface area (Å²) >= 11 is 0. The maximum atomic E-state index is 11.2. The van der Waals surface area contributed by atoms with Crippen LogP contribution < -0.4 is 10.5 Å². The zero-order valence-electron chi connectivity index (χ0n) is 16.2. The number of amides is 1. The van der Waals surface area contributed by atoms with Gasteiger partial charge in [-0.3, -0.25) is 4.79 Å². The molecule has 0 saturated heterocycles. The summed E-state index contributed by atoms with van der Waals surface area (Å²) < 4.78 is 5.18. The summed E-state index contributed by atoms with van der Waals surface area (Å²) in [4.78, 5) is 25.0. The van der Waals surface area contributed by atoms with E-state index in [0.29, 0.717) is 5.82 Å². The number of nitrogens with zero attached hydrogens (tertiary/aromatic N) is 3. The average Bonchev–Trinajstić information content (AvgIpc) is 2.73. The topological polar surface area (TPSA) is 91.0 Å². The summed E-state index contributed by atoms with van der Waals surface area (Å²) in [5.41, 5.74) is 10.6. The predicted octanol–water partition coefficient (Wildman–Crippen LogP) is 3.70. The van der Waals surface area contributed by atoms with Crippen LogP contribution in [0.15, 0.2) is 60.9 Å².